The molecule has 0 spiro atoms. The SMILES string of the molecule is CC1(C)C2CC3C(O2)C1OS3(=O)=O.CC12CC3C(O1)OS(=O)(=O)C3C2.CC1C2CC3C(C)(O2)C1OS3(=O)=O.CC1C2CC3C(O2)C1(C)OS3(=O)=O.CC1C2OS(=O)(=O)C3CC1(C)OC23.CC1C2OS(=O)(=O)C3CC1(C)OC23C.CC1C2OS(=O)(=O)C3CC1(CO)OC23CO. The van der Waals surface area contributed by atoms with Gasteiger partial charge in [-0.15, -0.1) is 0 Å². The predicted molar refractivity (Wildman–Crippen MR) is 320 cm³/mol. The summed E-state index contributed by atoms with van der Waals surface area (Å²) in [6.07, 6.45) is 2.08. The van der Waals surface area contributed by atoms with Crippen LogP contribution in [-0.4, -0.2) is 237 Å². The number of aliphatic hydroxyl groups is 2. The van der Waals surface area contributed by atoms with Crippen LogP contribution >= 0.6 is 0 Å². The second kappa shape index (κ2) is 20.2. The van der Waals surface area contributed by atoms with Crippen LogP contribution in [0, 0.1) is 40.9 Å². The zero-order valence-corrected chi connectivity index (χ0v) is 59.9. The molecule has 536 valence electrons. The lowest BCUT2D eigenvalue weighted by molar-refractivity contribution is -0.128. The van der Waals surface area contributed by atoms with Crippen molar-refractivity contribution in [1.29, 1.82) is 0 Å². The summed E-state index contributed by atoms with van der Waals surface area (Å²) in [7, 11) is -23.7. The van der Waals surface area contributed by atoms with Gasteiger partial charge in [0.25, 0.3) is 70.8 Å². The molecule has 20 heterocycles. The van der Waals surface area contributed by atoms with Crippen molar-refractivity contribution in [3.05, 3.63) is 0 Å². The highest BCUT2D eigenvalue weighted by molar-refractivity contribution is 7.89. The van der Waals surface area contributed by atoms with Crippen LogP contribution in [0.3, 0.4) is 0 Å². The fourth-order valence-electron chi connectivity index (χ4n) is 20.6. The predicted octanol–water partition coefficient (Wildman–Crippen LogP) is 0.650. The largest absolute Gasteiger partial charge is 0.393 e. The van der Waals surface area contributed by atoms with Gasteiger partial charge in [-0.1, -0.05) is 48.5 Å². The highest BCUT2D eigenvalue weighted by Crippen LogP contribution is 2.65. The third-order valence-corrected chi connectivity index (χ3v) is 38.8. The Bertz CT molecular complexity index is 4030. The molecule has 1 saturated carbocycles. The van der Waals surface area contributed by atoms with Crippen molar-refractivity contribution in [2.24, 2.45) is 40.9 Å². The summed E-state index contributed by atoms with van der Waals surface area (Å²) >= 11 is 0. The number of rotatable bonds is 2. The molecule has 0 amide bonds. The molecule has 20 saturated heterocycles. The van der Waals surface area contributed by atoms with Crippen molar-refractivity contribution in [3.63, 3.8) is 0 Å². The maximum atomic E-state index is 11.8. The standard InChI is InChI=1S/C9H14O6S.C9H14O4S.4C8H12O4S.C7H10O4S/c1-5-7-9(4-11)6(16(12,13)14-7)2-8(5,3-10)15-9;1-5-7-9(3)6(14(10,11)12-7)4-8(5,2)13-9;1-8(2)5-3-4-6(11-5)7(8)12-13(4,9)10;1-4-6-7-5(13(9,10)12-6)3-8(4,2)11-7;1-4-5-3-6-7(11-5)8(4,2)12-13(6,9)10;1-4-5-3-6-8(2,11-5)7(4)12-13(6,9)10;1-7-2-4-5(3-7)12(8,9)11-6(4)10-7/h5-7,10-11H,2-4H2,1H3;5-7H,4H2,1-3H3;4*4-7H,3H2,1-2H3;4-6H,2-3H2,1H3. The van der Waals surface area contributed by atoms with Gasteiger partial charge in [-0.3, -0.25) is 25.1 Å². The molecule has 0 aromatic carbocycles. The van der Waals surface area contributed by atoms with Crippen LogP contribution in [0.5, 0.6) is 0 Å². The second-order valence-electron chi connectivity index (χ2n) is 32.2. The molecule has 21 aliphatic rings. The van der Waals surface area contributed by atoms with E-state index in [4.69, 9.17) is 62.4 Å². The lowest BCUT2D eigenvalue weighted by Gasteiger charge is -2.30. The van der Waals surface area contributed by atoms with E-state index in [9.17, 15) is 69.1 Å². The molecule has 37 heteroatoms. The van der Waals surface area contributed by atoms with Crippen LogP contribution in [-0.2, 0) is 133 Å². The van der Waals surface area contributed by atoms with Gasteiger partial charge in [-0.25, -0.2) is 4.18 Å². The monoisotopic (exact) mass is 1470 g/mol. The first-order valence-corrected chi connectivity index (χ1v) is 42.7. The Morgan fingerprint density at radius 3 is 1.54 bits per heavy atom. The van der Waals surface area contributed by atoms with E-state index < -0.39 is 149 Å². The van der Waals surface area contributed by atoms with Crippen LogP contribution in [0.15, 0.2) is 0 Å². The topological polar surface area (TPSA) is 409 Å². The van der Waals surface area contributed by atoms with Crippen molar-refractivity contribution >= 4 is 70.8 Å². The van der Waals surface area contributed by atoms with E-state index in [1.807, 2.05) is 83.1 Å². The van der Waals surface area contributed by atoms with E-state index in [1.165, 1.54) is 0 Å². The summed E-state index contributed by atoms with van der Waals surface area (Å²) in [4.78, 5) is 0. The van der Waals surface area contributed by atoms with Gasteiger partial charge in [-0.2, -0.15) is 58.9 Å². The zero-order valence-electron chi connectivity index (χ0n) is 54.2. The Balaban J connectivity index is 0.0000000906. The molecule has 21 rings (SSSR count). The molecule has 2 N–H and O–H groups in total. The molecule has 21 fully saturated rings. The molecule has 33 atom stereocenters. The van der Waals surface area contributed by atoms with Gasteiger partial charge in [0.1, 0.15) is 103 Å². The smallest absolute Gasteiger partial charge is 0.273 e. The minimum absolute atomic E-state index is 0.0600. The molecule has 0 aromatic rings. The summed E-state index contributed by atoms with van der Waals surface area (Å²) in [5.41, 5.74) is -4.77. The fraction of sp³-hybridized carbons (Fsp3) is 1.00. The highest BCUT2D eigenvalue weighted by Gasteiger charge is 2.80. The normalized spacial score (nSPS) is 59.9. The van der Waals surface area contributed by atoms with Gasteiger partial charge < -0.3 is 43.4 Å². The third kappa shape index (κ3) is 9.08. The van der Waals surface area contributed by atoms with Crippen LogP contribution in [0.1, 0.15) is 141 Å². The third-order valence-electron chi connectivity index (χ3n) is 26.6. The summed E-state index contributed by atoms with van der Waals surface area (Å²) < 4.78 is 237. The van der Waals surface area contributed by atoms with Crippen LogP contribution in [0.25, 0.3) is 0 Å². The molecule has 33 unspecified atom stereocenters. The van der Waals surface area contributed by atoms with Gasteiger partial charge in [0.05, 0.1) is 59.2 Å². The number of aliphatic hydroxyl groups excluding tert-OH is 2. The van der Waals surface area contributed by atoms with Gasteiger partial charge in [0.2, 0.25) is 0 Å². The fourth-order valence-corrected chi connectivity index (χ4v) is 33.9. The molecule has 30 nitrogen and oxygen atoms in total. The second-order valence-corrected chi connectivity index (χ2v) is 44.5. The number of fused-ring (bicyclic) bond motifs is 7. The van der Waals surface area contributed by atoms with Gasteiger partial charge in [-0.05, 0) is 86.5 Å². The first-order chi connectivity index (χ1) is 43.0. The Labute approximate surface area is 549 Å². The summed E-state index contributed by atoms with van der Waals surface area (Å²) in [5.74, 6) is 0.592. The van der Waals surface area contributed by atoms with E-state index in [1.54, 1.807) is 6.92 Å². The lowest BCUT2D eigenvalue weighted by atomic mass is 9.73. The Morgan fingerprint density at radius 1 is 0.404 bits per heavy atom. The molecule has 0 radical (unpaired) electrons. The molecule has 14 bridgehead atoms. The Hall–Kier alpha value is -0.990. The molecule has 20 aliphatic heterocycles. The van der Waals surface area contributed by atoms with Crippen molar-refractivity contribution in [2.45, 2.75) is 296 Å². The van der Waals surface area contributed by atoms with Gasteiger partial charge in [0, 0.05) is 47.3 Å². The minimum atomic E-state index is -3.68. The van der Waals surface area contributed by atoms with E-state index in [0.29, 0.717) is 38.5 Å². The van der Waals surface area contributed by atoms with Gasteiger partial charge >= 0.3 is 0 Å². The van der Waals surface area contributed by atoms with Crippen LogP contribution < -0.4 is 0 Å². The minimum Gasteiger partial charge on any atom is -0.393 e. The quantitative estimate of drug-likeness (QED) is 0.358. The Morgan fingerprint density at radius 2 is 1.02 bits per heavy atom. The lowest BCUT2D eigenvalue weighted by Crippen LogP contribution is -2.50. The molecular weight excluding hydrogens is 1390 g/mol. The number of ether oxygens (including phenoxy) is 7. The number of hydrogen-bond donors (Lipinski definition) is 2. The molecule has 1 aliphatic carbocycles. The Kier molecular flexibility index (Phi) is 14.8. The first-order valence-electron chi connectivity index (χ1n) is 32.4. The average Bonchev–Trinajstić information content (AvgIpc) is 1.51. The van der Waals surface area contributed by atoms with E-state index in [0.717, 1.165) is 6.42 Å². The first kappa shape index (κ1) is 68.8. The van der Waals surface area contributed by atoms with E-state index in [-0.39, 0.29) is 137 Å². The summed E-state index contributed by atoms with van der Waals surface area (Å²) in [6, 6.07) is 0. The van der Waals surface area contributed by atoms with Crippen LogP contribution in [0.4, 0.5) is 0 Å². The average molecular weight is 1480 g/mol. The molecule has 94 heavy (non-hydrogen) atoms. The van der Waals surface area contributed by atoms with Crippen molar-refractivity contribution < 1.29 is 132 Å². The molecule has 0 aromatic heterocycles. The van der Waals surface area contributed by atoms with E-state index in [2.05, 4.69) is 0 Å². The number of hydrogen-bond acceptors (Lipinski definition) is 30. The van der Waals surface area contributed by atoms with Crippen molar-refractivity contribution in [1.82, 2.24) is 0 Å². The van der Waals surface area contributed by atoms with E-state index >= 15 is 0 Å². The maximum absolute atomic E-state index is 11.8. The highest BCUT2D eigenvalue weighted by atomic mass is 32.2. The van der Waals surface area contributed by atoms with Crippen molar-refractivity contribution in [3.8, 4) is 0 Å². The molecular formula is C57H86O30S7. The van der Waals surface area contributed by atoms with Gasteiger partial charge in [0.15, 0.2) is 6.29 Å². The maximum Gasteiger partial charge on any atom is 0.273 e. The zero-order chi connectivity index (χ0) is 68.4. The van der Waals surface area contributed by atoms with Crippen molar-refractivity contribution in [2.75, 3.05) is 13.2 Å². The van der Waals surface area contributed by atoms with Crippen LogP contribution in [0.2, 0.25) is 0 Å². The summed E-state index contributed by atoms with van der Waals surface area (Å²) in [5, 5.41) is 15.6. The summed E-state index contributed by atoms with van der Waals surface area (Å²) in [6.45, 7) is 24.7.